The smallest absolute Gasteiger partial charge is 0.219 e. The molecule has 0 unspecified atom stereocenters. The molecule has 0 aliphatic heterocycles. The molecule has 0 amide bonds. The van der Waals surface area contributed by atoms with Gasteiger partial charge in [-0.25, -0.2) is 5.84 Å². The molecule has 1 heterocycles. The first-order chi connectivity index (χ1) is 9.31. The second-order valence-electron chi connectivity index (χ2n) is 4.18. The molecule has 5 nitrogen and oxygen atoms in total. The summed E-state index contributed by atoms with van der Waals surface area (Å²) in [4.78, 5) is 0. The molecule has 19 heavy (non-hydrogen) atoms. The molecule has 0 saturated carbocycles. The van der Waals surface area contributed by atoms with Crippen LogP contribution >= 0.6 is 11.3 Å². The molecule has 0 fully saturated rings. The minimum absolute atomic E-state index is 0.410. The van der Waals surface area contributed by atoms with Gasteiger partial charge < -0.3 is 4.74 Å². The summed E-state index contributed by atoms with van der Waals surface area (Å²) in [6, 6.07) is 8.21. The maximum atomic E-state index is 5.65. The van der Waals surface area contributed by atoms with Gasteiger partial charge in [-0.3, -0.25) is 5.43 Å². The van der Waals surface area contributed by atoms with Crippen molar-refractivity contribution in [2.45, 2.75) is 32.8 Å². The molecular formula is C13H18N4OS. The Hall–Kier alpha value is -1.66. The highest BCUT2D eigenvalue weighted by atomic mass is 32.1. The number of anilines is 1. The van der Waals surface area contributed by atoms with Gasteiger partial charge in [0, 0.05) is 0 Å². The first-order valence-electron chi connectivity index (χ1n) is 6.32. The molecule has 2 rings (SSSR count). The van der Waals surface area contributed by atoms with E-state index in [0.717, 1.165) is 17.2 Å². The Balaban J connectivity index is 1.85. The van der Waals surface area contributed by atoms with Gasteiger partial charge in [0.05, 0.1) is 0 Å². The zero-order chi connectivity index (χ0) is 13.5. The summed E-state index contributed by atoms with van der Waals surface area (Å²) < 4.78 is 5.65. The van der Waals surface area contributed by atoms with Crippen LogP contribution in [0.4, 0.5) is 5.13 Å². The Morgan fingerprint density at radius 1 is 1.26 bits per heavy atom. The maximum absolute atomic E-state index is 5.65. The van der Waals surface area contributed by atoms with Crippen LogP contribution in [0.5, 0.6) is 5.75 Å². The quantitative estimate of drug-likeness (QED) is 0.602. The van der Waals surface area contributed by atoms with Crippen LogP contribution in [0, 0.1) is 0 Å². The number of hydrazine groups is 1. The van der Waals surface area contributed by atoms with Crippen LogP contribution in [-0.4, -0.2) is 10.2 Å². The molecule has 102 valence electrons. The van der Waals surface area contributed by atoms with E-state index in [1.54, 1.807) is 0 Å². The van der Waals surface area contributed by atoms with Gasteiger partial charge in [-0.1, -0.05) is 36.8 Å². The lowest BCUT2D eigenvalue weighted by atomic mass is 10.1. The summed E-state index contributed by atoms with van der Waals surface area (Å²) in [7, 11) is 0. The zero-order valence-corrected chi connectivity index (χ0v) is 11.7. The van der Waals surface area contributed by atoms with Gasteiger partial charge >= 0.3 is 0 Å². The van der Waals surface area contributed by atoms with E-state index in [4.69, 9.17) is 10.6 Å². The zero-order valence-electron chi connectivity index (χ0n) is 10.9. The molecule has 0 aliphatic carbocycles. The van der Waals surface area contributed by atoms with Crippen molar-refractivity contribution in [1.82, 2.24) is 10.2 Å². The molecule has 1 aromatic carbocycles. The van der Waals surface area contributed by atoms with Crippen LogP contribution in [-0.2, 0) is 13.0 Å². The molecule has 3 N–H and O–H groups in total. The number of rotatable bonds is 7. The molecule has 0 atom stereocenters. The molecule has 2 aromatic rings. The van der Waals surface area contributed by atoms with E-state index in [-0.39, 0.29) is 0 Å². The second-order valence-corrected chi connectivity index (χ2v) is 5.24. The van der Waals surface area contributed by atoms with Crippen molar-refractivity contribution in [2.75, 3.05) is 5.43 Å². The fourth-order valence-electron chi connectivity index (χ4n) is 1.65. The molecule has 0 spiro atoms. The fourth-order valence-corrected chi connectivity index (χ4v) is 2.21. The van der Waals surface area contributed by atoms with E-state index in [1.807, 2.05) is 12.1 Å². The van der Waals surface area contributed by atoms with Gasteiger partial charge in [0.1, 0.15) is 12.4 Å². The van der Waals surface area contributed by atoms with Crippen LogP contribution in [0.25, 0.3) is 0 Å². The number of aromatic nitrogens is 2. The van der Waals surface area contributed by atoms with E-state index in [0.29, 0.717) is 11.7 Å². The third kappa shape index (κ3) is 4.18. The van der Waals surface area contributed by atoms with Gasteiger partial charge in [-0.15, -0.1) is 10.2 Å². The van der Waals surface area contributed by atoms with E-state index in [9.17, 15) is 0 Å². The number of ether oxygens (including phenoxy) is 1. The minimum Gasteiger partial charge on any atom is -0.486 e. The minimum atomic E-state index is 0.410. The highest BCUT2D eigenvalue weighted by Crippen LogP contribution is 2.18. The van der Waals surface area contributed by atoms with Crippen LogP contribution < -0.4 is 16.0 Å². The SMILES string of the molecule is CCCCc1ccc(OCc2nnc(NN)s2)cc1. The Bertz CT molecular complexity index is 498. The topological polar surface area (TPSA) is 73.1 Å². The second kappa shape index (κ2) is 7.06. The largest absolute Gasteiger partial charge is 0.486 e. The van der Waals surface area contributed by atoms with E-state index in [2.05, 4.69) is 34.7 Å². The van der Waals surface area contributed by atoms with Crippen LogP contribution in [0.15, 0.2) is 24.3 Å². The van der Waals surface area contributed by atoms with Crippen molar-refractivity contribution in [3.8, 4) is 5.75 Å². The van der Waals surface area contributed by atoms with Gasteiger partial charge in [0.15, 0.2) is 5.01 Å². The van der Waals surface area contributed by atoms with Crippen molar-refractivity contribution in [3.05, 3.63) is 34.8 Å². The lowest BCUT2D eigenvalue weighted by Crippen LogP contribution is -2.05. The average molecular weight is 278 g/mol. The van der Waals surface area contributed by atoms with E-state index in [1.165, 1.54) is 29.7 Å². The van der Waals surface area contributed by atoms with Crippen molar-refractivity contribution in [3.63, 3.8) is 0 Å². The number of benzene rings is 1. The summed E-state index contributed by atoms with van der Waals surface area (Å²) in [5.74, 6) is 6.09. The normalized spacial score (nSPS) is 10.4. The number of unbranched alkanes of at least 4 members (excludes halogenated alkanes) is 1. The Morgan fingerprint density at radius 2 is 2.05 bits per heavy atom. The first kappa shape index (κ1) is 13.8. The van der Waals surface area contributed by atoms with Crippen molar-refractivity contribution >= 4 is 16.5 Å². The molecule has 0 saturated heterocycles. The first-order valence-corrected chi connectivity index (χ1v) is 7.14. The van der Waals surface area contributed by atoms with Crippen molar-refractivity contribution < 1.29 is 4.74 Å². The molecule has 0 bridgehead atoms. The van der Waals surface area contributed by atoms with Crippen LogP contribution in [0.2, 0.25) is 0 Å². The molecule has 0 aliphatic rings. The summed E-state index contributed by atoms with van der Waals surface area (Å²) in [6.45, 7) is 2.61. The molecular weight excluding hydrogens is 260 g/mol. The summed E-state index contributed by atoms with van der Waals surface area (Å²) in [6.07, 6.45) is 3.56. The monoisotopic (exact) mass is 278 g/mol. The van der Waals surface area contributed by atoms with E-state index < -0.39 is 0 Å². The number of nitrogens with two attached hydrogens (primary N) is 1. The average Bonchev–Trinajstić information content (AvgIpc) is 2.92. The highest BCUT2D eigenvalue weighted by Gasteiger charge is 2.03. The van der Waals surface area contributed by atoms with Gasteiger partial charge in [-0.2, -0.15) is 0 Å². The summed E-state index contributed by atoms with van der Waals surface area (Å²) in [5, 5.41) is 9.19. The molecule has 1 aromatic heterocycles. The van der Waals surface area contributed by atoms with E-state index >= 15 is 0 Å². The fraction of sp³-hybridized carbons (Fsp3) is 0.385. The van der Waals surface area contributed by atoms with Gasteiger partial charge in [0.25, 0.3) is 0 Å². The Kier molecular flexibility index (Phi) is 5.11. The Morgan fingerprint density at radius 3 is 2.68 bits per heavy atom. The molecule has 0 radical (unpaired) electrons. The Labute approximate surface area is 116 Å². The molecule has 6 heteroatoms. The standard InChI is InChI=1S/C13H18N4OS/c1-2-3-4-10-5-7-11(8-6-10)18-9-12-16-17-13(15-14)19-12/h5-8H,2-4,9,14H2,1H3,(H,15,17). The lowest BCUT2D eigenvalue weighted by Gasteiger charge is -2.05. The van der Waals surface area contributed by atoms with Crippen LogP contribution in [0.3, 0.4) is 0 Å². The number of nitrogen functional groups attached to an aromatic ring is 1. The van der Waals surface area contributed by atoms with Gasteiger partial charge in [0.2, 0.25) is 5.13 Å². The third-order valence-electron chi connectivity index (χ3n) is 2.69. The number of nitrogens with one attached hydrogen (secondary N) is 1. The lowest BCUT2D eigenvalue weighted by molar-refractivity contribution is 0.304. The third-order valence-corrected chi connectivity index (χ3v) is 3.52. The number of nitrogens with zero attached hydrogens (tertiary/aromatic N) is 2. The summed E-state index contributed by atoms with van der Waals surface area (Å²) >= 11 is 1.38. The maximum Gasteiger partial charge on any atom is 0.219 e. The predicted molar refractivity (Wildman–Crippen MR) is 77.1 cm³/mol. The van der Waals surface area contributed by atoms with Crippen LogP contribution in [0.1, 0.15) is 30.3 Å². The summed E-state index contributed by atoms with van der Waals surface area (Å²) in [5.41, 5.74) is 3.81. The number of hydrogen-bond donors (Lipinski definition) is 2. The van der Waals surface area contributed by atoms with Crippen molar-refractivity contribution in [2.24, 2.45) is 5.84 Å². The number of aryl methyl sites for hydroxylation is 1. The van der Waals surface area contributed by atoms with Gasteiger partial charge in [-0.05, 0) is 30.5 Å². The predicted octanol–water partition coefficient (Wildman–Crippen LogP) is 2.75. The number of hydrogen-bond acceptors (Lipinski definition) is 6. The van der Waals surface area contributed by atoms with Crippen molar-refractivity contribution in [1.29, 1.82) is 0 Å². The highest BCUT2D eigenvalue weighted by molar-refractivity contribution is 7.15.